The molecule has 1 aliphatic heterocycles. The fourth-order valence-corrected chi connectivity index (χ4v) is 2.74. The third-order valence-corrected chi connectivity index (χ3v) is 4.27. The second kappa shape index (κ2) is 9.04. The summed E-state index contributed by atoms with van der Waals surface area (Å²) in [5.74, 6) is 1.27. The molecule has 0 bridgehead atoms. The first-order valence-electron chi connectivity index (χ1n) is 7.78. The molecule has 1 unspecified atom stereocenters. The van der Waals surface area contributed by atoms with Gasteiger partial charge in [0.15, 0.2) is 0 Å². The number of para-hydroxylation sites is 1. The Bertz CT molecular complexity index is 700. The van der Waals surface area contributed by atoms with E-state index in [1.807, 2.05) is 35.2 Å². The number of nitrogens with zero attached hydrogens (tertiary/aromatic N) is 2. The number of pyridine rings is 1. The van der Waals surface area contributed by atoms with Gasteiger partial charge >= 0.3 is 0 Å². The summed E-state index contributed by atoms with van der Waals surface area (Å²) in [5.41, 5.74) is 6.22. The molecule has 0 spiro atoms. The predicted molar refractivity (Wildman–Crippen MR) is 103 cm³/mol. The zero-order valence-electron chi connectivity index (χ0n) is 14.1. The molecule has 1 aromatic heterocycles. The number of likely N-dealkylation sites (tertiary alicyclic amines) is 1. The van der Waals surface area contributed by atoms with Crippen molar-refractivity contribution in [3.8, 4) is 11.5 Å². The molecule has 2 N–H and O–H groups in total. The van der Waals surface area contributed by atoms with E-state index in [-0.39, 0.29) is 36.1 Å². The van der Waals surface area contributed by atoms with Gasteiger partial charge in [0.2, 0.25) is 0 Å². The van der Waals surface area contributed by atoms with Gasteiger partial charge in [-0.15, -0.1) is 24.8 Å². The predicted octanol–water partition coefficient (Wildman–Crippen LogP) is 3.53. The molecular weight excluding hydrogens is 361 g/mol. The van der Waals surface area contributed by atoms with Crippen molar-refractivity contribution in [2.75, 3.05) is 19.6 Å². The van der Waals surface area contributed by atoms with Crippen LogP contribution >= 0.6 is 24.8 Å². The topological polar surface area (TPSA) is 68.5 Å². The second-order valence-corrected chi connectivity index (χ2v) is 6.28. The summed E-state index contributed by atoms with van der Waals surface area (Å²) in [6, 6.07) is 12.9. The molecule has 2 aromatic rings. The number of amides is 1. The van der Waals surface area contributed by atoms with E-state index in [2.05, 4.69) is 11.9 Å². The van der Waals surface area contributed by atoms with Gasteiger partial charge in [-0.2, -0.15) is 0 Å². The van der Waals surface area contributed by atoms with Crippen molar-refractivity contribution in [3.05, 3.63) is 54.4 Å². The maximum absolute atomic E-state index is 12.6. The van der Waals surface area contributed by atoms with Crippen LogP contribution in [0.25, 0.3) is 0 Å². The number of nitrogens with two attached hydrogens (primary N) is 1. The first kappa shape index (κ1) is 21.2. The van der Waals surface area contributed by atoms with Crippen LogP contribution in [0.5, 0.6) is 11.5 Å². The van der Waals surface area contributed by atoms with Crippen LogP contribution in [-0.4, -0.2) is 35.4 Å². The Balaban J connectivity index is 0.00000156. The zero-order valence-corrected chi connectivity index (χ0v) is 15.7. The Labute approximate surface area is 160 Å². The zero-order chi connectivity index (χ0) is 16.3. The van der Waals surface area contributed by atoms with Crippen molar-refractivity contribution in [1.29, 1.82) is 0 Å². The highest BCUT2D eigenvalue weighted by molar-refractivity contribution is 5.92. The fourth-order valence-electron chi connectivity index (χ4n) is 2.74. The van der Waals surface area contributed by atoms with E-state index in [1.165, 1.54) is 0 Å². The van der Waals surface area contributed by atoms with E-state index in [4.69, 9.17) is 10.5 Å². The number of ether oxygens (including phenoxy) is 1. The van der Waals surface area contributed by atoms with Crippen LogP contribution in [0.4, 0.5) is 0 Å². The third kappa shape index (κ3) is 5.08. The largest absolute Gasteiger partial charge is 0.457 e. The van der Waals surface area contributed by atoms with Crippen molar-refractivity contribution in [3.63, 3.8) is 0 Å². The molecule has 1 fully saturated rings. The number of halogens is 2. The summed E-state index contributed by atoms with van der Waals surface area (Å²) in [6.45, 7) is 4.09. The minimum atomic E-state index is -0.0688. The summed E-state index contributed by atoms with van der Waals surface area (Å²) in [5, 5.41) is 0. The molecule has 0 radical (unpaired) electrons. The van der Waals surface area contributed by atoms with Crippen LogP contribution in [0, 0.1) is 5.41 Å². The summed E-state index contributed by atoms with van der Waals surface area (Å²) >= 11 is 0. The number of rotatable bonds is 4. The Morgan fingerprint density at radius 2 is 1.96 bits per heavy atom. The molecule has 7 heteroatoms. The van der Waals surface area contributed by atoms with Gasteiger partial charge in [-0.25, -0.2) is 0 Å². The molecule has 0 aliphatic carbocycles. The molecule has 1 atom stereocenters. The van der Waals surface area contributed by atoms with Crippen molar-refractivity contribution in [2.24, 2.45) is 11.1 Å². The Morgan fingerprint density at radius 1 is 1.24 bits per heavy atom. The fraction of sp³-hybridized carbons (Fsp3) is 0.333. The maximum Gasteiger partial charge on any atom is 0.272 e. The summed E-state index contributed by atoms with van der Waals surface area (Å²) in [7, 11) is 0. The lowest BCUT2D eigenvalue weighted by Crippen LogP contribution is -2.34. The molecule has 5 nitrogen and oxygen atoms in total. The van der Waals surface area contributed by atoms with Gasteiger partial charge in [0.05, 0.1) is 0 Å². The highest BCUT2D eigenvalue weighted by Gasteiger charge is 2.35. The van der Waals surface area contributed by atoms with Crippen LogP contribution in [0.3, 0.4) is 0 Å². The van der Waals surface area contributed by atoms with Crippen LogP contribution < -0.4 is 10.5 Å². The molecule has 3 rings (SSSR count). The summed E-state index contributed by atoms with van der Waals surface area (Å²) < 4.78 is 5.76. The average Bonchev–Trinajstić information content (AvgIpc) is 2.98. The lowest BCUT2D eigenvalue weighted by Gasteiger charge is -2.22. The second-order valence-electron chi connectivity index (χ2n) is 6.28. The van der Waals surface area contributed by atoms with Gasteiger partial charge < -0.3 is 15.4 Å². The monoisotopic (exact) mass is 383 g/mol. The number of hydrogen-bond acceptors (Lipinski definition) is 4. The average molecular weight is 384 g/mol. The summed E-state index contributed by atoms with van der Waals surface area (Å²) in [4.78, 5) is 18.6. The Morgan fingerprint density at radius 3 is 2.60 bits per heavy atom. The first-order chi connectivity index (χ1) is 11.1. The molecular formula is C18H23Cl2N3O2. The highest BCUT2D eigenvalue weighted by atomic mass is 35.5. The van der Waals surface area contributed by atoms with Gasteiger partial charge in [0.25, 0.3) is 5.91 Å². The lowest BCUT2D eigenvalue weighted by atomic mass is 9.90. The van der Waals surface area contributed by atoms with E-state index >= 15 is 0 Å². The lowest BCUT2D eigenvalue weighted by molar-refractivity contribution is 0.0770. The standard InChI is InChI=1S/C18H21N3O2.2ClH/c1-18(12-19)8-10-21(13-18)17(22)16-11-15(7-9-20-16)23-14-5-3-2-4-6-14;;/h2-7,9,11H,8,10,12-13,19H2,1H3;2*1H. The van der Waals surface area contributed by atoms with Crippen LogP contribution in [0.2, 0.25) is 0 Å². The van der Waals surface area contributed by atoms with Crippen LogP contribution in [0.1, 0.15) is 23.8 Å². The first-order valence-corrected chi connectivity index (χ1v) is 7.78. The molecule has 25 heavy (non-hydrogen) atoms. The van der Waals surface area contributed by atoms with Crippen molar-refractivity contribution < 1.29 is 9.53 Å². The van der Waals surface area contributed by atoms with E-state index in [9.17, 15) is 4.79 Å². The van der Waals surface area contributed by atoms with E-state index < -0.39 is 0 Å². The molecule has 1 aromatic carbocycles. The minimum absolute atomic E-state index is 0. The number of benzene rings is 1. The molecule has 1 saturated heterocycles. The number of carbonyl (C=O) groups is 1. The number of hydrogen-bond donors (Lipinski definition) is 1. The van der Waals surface area contributed by atoms with Crippen molar-refractivity contribution in [2.45, 2.75) is 13.3 Å². The van der Waals surface area contributed by atoms with Crippen molar-refractivity contribution >= 4 is 30.7 Å². The van der Waals surface area contributed by atoms with E-state index in [1.54, 1.807) is 18.3 Å². The molecule has 0 saturated carbocycles. The van der Waals surface area contributed by atoms with Gasteiger partial charge in [0, 0.05) is 25.4 Å². The SMILES string of the molecule is CC1(CN)CCN(C(=O)c2cc(Oc3ccccc3)ccn2)C1.Cl.Cl. The summed E-state index contributed by atoms with van der Waals surface area (Å²) in [6.07, 6.45) is 2.53. The molecule has 136 valence electrons. The Kier molecular flexibility index (Phi) is 7.67. The van der Waals surface area contributed by atoms with Gasteiger partial charge in [-0.1, -0.05) is 25.1 Å². The quantitative estimate of drug-likeness (QED) is 0.876. The van der Waals surface area contributed by atoms with Gasteiger partial charge in [-0.05, 0) is 36.6 Å². The van der Waals surface area contributed by atoms with Crippen LogP contribution in [-0.2, 0) is 0 Å². The minimum Gasteiger partial charge on any atom is -0.457 e. The normalized spacial score (nSPS) is 18.9. The third-order valence-electron chi connectivity index (χ3n) is 4.27. The Hall–Kier alpha value is -1.82. The smallest absolute Gasteiger partial charge is 0.272 e. The van der Waals surface area contributed by atoms with Crippen LogP contribution in [0.15, 0.2) is 48.7 Å². The van der Waals surface area contributed by atoms with E-state index in [0.717, 1.165) is 18.7 Å². The highest BCUT2D eigenvalue weighted by Crippen LogP contribution is 2.30. The molecule has 1 aliphatic rings. The number of carbonyl (C=O) groups excluding carboxylic acids is 1. The number of aromatic nitrogens is 1. The van der Waals surface area contributed by atoms with Gasteiger partial charge in [0.1, 0.15) is 17.2 Å². The van der Waals surface area contributed by atoms with E-state index in [0.29, 0.717) is 24.5 Å². The maximum atomic E-state index is 12.6. The van der Waals surface area contributed by atoms with Gasteiger partial charge in [-0.3, -0.25) is 9.78 Å². The molecule has 1 amide bonds. The van der Waals surface area contributed by atoms with Crippen molar-refractivity contribution in [1.82, 2.24) is 9.88 Å². The molecule has 2 heterocycles.